The predicted molar refractivity (Wildman–Crippen MR) is 91.9 cm³/mol. The van der Waals surface area contributed by atoms with E-state index in [0.29, 0.717) is 31.2 Å². The van der Waals surface area contributed by atoms with Crippen LogP contribution in [0.5, 0.6) is 0 Å². The van der Waals surface area contributed by atoms with Crippen LogP contribution in [0.4, 0.5) is 0 Å². The number of rotatable bonds is 6. The Labute approximate surface area is 142 Å². The Morgan fingerprint density at radius 3 is 2.71 bits per heavy atom. The molecule has 2 aromatic rings. The van der Waals surface area contributed by atoms with Crippen molar-refractivity contribution >= 4 is 10.0 Å². The van der Waals surface area contributed by atoms with Crippen molar-refractivity contribution in [2.45, 2.75) is 32.6 Å². The third kappa shape index (κ3) is 3.52. The summed E-state index contributed by atoms with van der Waals surface area (Å²) in [4.78, 5) is 4.49. The number of aromatic nitrogens is 2. The molecule has 0 spiro atoms. The molecule has 0 bridgehead atoms. The normalized spacial score (nSPS) is 22.1. The van der Waals surface area contributed by atoms with Crippen molar-refractivity contribution in [1.29, 1.82) is 0 Å². The van der Waals surface area contributed by atoms with Crippen molar-refractivity contribution in [2.75, 3.05) is 18.8 Å². The molecule has 1 aliphatic heterocycles. The van der Waals surface area contributed by atoms with Crippen molar-refractivity contribution in [2.24, 2.45) is 5.92 Å². The molecule has 1 saturated heterocycles. The summed E-state index contributed by atoms with van der Waals surface area (Å²) in [7, 11) is -3.20. The fourth-order valence-corrected chi connectivity index (χ4v) is 4.78. The van der Waals surface area contributed by atoms with Gasteiger partial charge >= 0.3 is 0 Å². The average Bonchev–Trinajstić information content (AvgIpc) is 3.20. The van der Waals surface area contributed by atoms with E-state index in [1.165, 1.54) is 0 Å². The van der Waals surface area contributed by atoms with Gasteiger partial charge in [0, 0.05) is 18.7 Å². The van der Waals surface area contributed by atoms with Crippen molar-refractivity contribution in [3.05, 3.63) is 36.2 Å². The van der Waals surface area contributed by atoms with Gasteiger partial charge in [-0.1, -0.05) is 55.8 Å². The molecule has 0 N–H and O–H groups in total. The van der Waals surface area contributed by atoms with Crippen molar-refractivity contribution in [3.63, 3.8) is 0 Å². The summed E-state index contributed by atoms with van der Waals surface area (Å²) in [6.07, 6.45) is 1.56. The second kappa shape index (κ2) is 7.03. The highest BCUT2D eigenvalue weighted by Crippen LogP contribution is 2.34. The van der Waals surface area contributed by atoms with Crippen LogP contribution >= 0.6 is 0 Å². The molecule has 0 aliphatic carbocycles. The maximum absolute atomic E-state index is 12.4. The predicted octanol–water partition coefficient (Wildman–Crippen LogP) is 2.90. The van der Waals surface area contributed by atoms with Crippen LogP contribution in [0.2, 0.25) is 0 Å². The van der Waals surface area contributed by atoms with E-state index in [9.17, 15) is 8.42 Å². The van der Waals surface area contributed by atoms with E-state index in [2.05, 4.69) is 10.1 Å². The molecule has 0 radical (unpaired) electrons. The molecule has 0 saturated carbocycles. The summed E-state index contributed by atoms with van der Waals surface area (Å²) >= 11 is 0. The van der Waals surface area contributed by atoms with Gasteiger partial charge in [-0.3, -0.25) is 0 Å². The Kier molecular flexibility index (Phi) is 5.01. The van der Waals surface area contributed by atoms with Gasteiger partial charge in [-0.25, -0.2) is 12.7 Å². The lowest BCUT2D eigenvalue weighted by atomic mass is 9.98. The van der Waals surface area contributed by atoms with E-state index in [0.717, 1.165) is 12.0 Å². The highest BCUT2D eigenvalue weighted by atomic mass is 32.2. The first-order chi connectivity index (χ1) is 11.5. The van der Waals surface area contributed by atoms with E-state index >= 15 is 0 Å². The summed E-state index contributed by atoms with van der Waals surface area (Å²) in [6.45, 7) is 4.96. The van der Waals surface area contributed by atoms with Gasteiger partial charge in [-0.15, -0.1) is 0 Å². The van der Waals surface area contributed by atoms with Crippen molar-refractivity contribution in [3.8, 4) is 11.4 Å². The number of nitrogens with zero attached hydrogens (tertiary/aromatic N) is 3. The quantitative estimate of drug-likeness (QED) is 0.801. The standard InChI is InChI=1S/C17H23N3O3S/c1-3-4-10-24(21,22)20-11-13(2)15(12-20)17-18-16(19-23-17)14-8-6-5-7-9-14/h5-9,13,15H,3-4,10-12H2,1-2H3/t13-,15-/m0/s1. The minimum absolute atomic E-state index is 0.0497. The van der Waals surface area contributed by atoms with Crippen LogP contribution < -0.4 is 0 Å². The van der Waals surface area contributed by atoms with Gasteiger partial charge in [0.05, 0.1) is 11.7 Å². The first-order valence-electron chi connectivity index (χ1n) is 8.38. The van der Waals surface area contributed by atoms with E-state index in [1.807, 2.05) is 44.2 Å². The molecule has 6 nitrogen and oxygen atoms in total. The fourth-order valence-electron chi connectivity index (χ4n) is 3.02. The van der Waals surface area contributed by atoms with Crippen LogP contribution in [0.1, 0.15) is 38.5 Å². The molecular weight excluding hydrogens is 326 g/mol. The first kappa shape index (κ1) is 17.1. The van der Waals surface area contributed by atoms with Gasteiger partial charge in [-0.05, 0) is 12.3 Å². The summed E-state index contributed by atoms with van der Waals surface area (Å²) in [5, 5.41) is 4.05. The van der Waals surface area contributed by atoms with E-state index < -0.39 is 10.0 Å². The van der Waals surface area contributed by atoms with Crippen LogP contribution in [-0.2, 0) is 10.0 Å². The Balaban J connectivity index is 1.75. The third-order valence-electron chi connectivity index (χ3n) is 4.52. The lowest BCUT2D eigenvalue weighted by molar-refractivity contribution is 0.338. The highest BCUT2D eigenvalue weighted by molar-refractivity contribution is 7.89. The zero-order valence-corrected chi connectivity index (χ0v) is 14.9. The monoisotopic (exact) mass is 349 g/mol. The fraction of sp³-hybridized carbons (Fsp3) is 0.529. The van der Waals surface area contributed by atoms with Gasteiger partial charge in [0.25, 0.3) is 0 Å². The Hall–Kier alpha value is -1.73. The maximum Gasteiger partial charge on any atom is 0.231 e. The van der Waals surface area contributed by atoms with Gasteiger partial charge in [0.15, 0.2) is 0 Å². The maximum atomic E-state index is 12.4. The smallest absolute Gasteiger partial charge is 0.231 e. The van der Waals surface area contributed by atoms with Gasteiger partial charge in [-0.2, -0.15) is 4.98 Å². The molecule has 3 rings (SSSR count). The second-order valence-electron chi connectivity index (χ2n) is 6.39. The van der Waals surface area contributed by atoms with Crippen molar-refractivity contribution in [1.82, 2.24) is 14.4 Å². The summed E-state index contributed by atoms with van der Waals surface area (Å²) < 4.78 is 31.8. The first-order valence-corrected chi connectivity index (χ1v) is 9.99. The molecular formula is C17H23N3O3S. The van der Waals surface area contributed by atoms with E-state index in [-0.39, 0.29) is 17.6 Å². The number of hydrogen-bond donors (Lipinski definition) is 0. The van der Waals surface area contributed by atoms with Crippen LogP contribution in [-0.4, -0.2) is 41.7 Å². The Bertz CT molecular complexity index is 773. The number of hydrogen-bond acceptors (Lipinski definition) is 5. The highest BCUT2D eigenvalue weighted by Gasteiger charge is 2.39. The molecule has 1 aromatic heterocycles. The van der Waals surface area contributed by atoms with Gasteiger partial charge in [0.1, 0.15) is 0 Å². The SMILES string of the molecule is CCCCS(=O)(=O)N1C[C@H](c2nc(-c3ccccc3)no2)[C@@H](C)C1. The zero-order valence-electron chi connectivity index (χ0n) is 14.1. The molecule has 2 atom stereocenters. The molecule has 24 heavy (non-hydrogen) atoms. The summed E-state index contributed by atoms with van der Waals surface area (Å²) in [5.74, 6) is 1.39. The lowest BCUT2D eigenvalue weighted by Gasteiger charge is -2.15. The largest absolute Gasteiger partial charge is 0.339 e. The number of unbranched alkanes of at least 4 members (excludes halogenated alkanes) is 1. The molecule has 1 aromatic carbocycles. The van der Waals surface area contributed by atoms with Crippen molar-refractivity contribution < 1.29 is 12.9 Å². The summed E-state index contributed by atoms with van der Waals surface area (Å²) in [5.41, 5.74) is 0.894. The summed E-state index contributed by atoms with van der Waals surface area (Å²) in [6, 6.07) is 9.63. The van der Waals surface area contributed by atoms with E-state index in [4.69, 9.17) is 4.52 Å². The third-order valence-corrected chi connectivity index (χ3v) is 6.41. The topological polar surface area (TPSA) is 76.3 Å². The Morgan fingerprint density at radius 2 is 2.00 bits per heavy atom. The van der Waals surface area contributed by atoms with Crippen LogP contribution in [0.15, 0.2) is 34.9 Å². The Morgan fingerprint density at radius 1 is 1.25 bits per heavy atom. The molecule has 7 heteroatoms. The lowest BCUT2D eigenvalue weighted by Crippen LogP contribution is -2.31. The second-order valence-corrected chi connectivity index (χ2v) is 8.48. The van der Waals surface area contributed by atoms with Crippen LogP contribution in [0.3, 0.4) is 0 Å². The molecule has 0 amide bonds. The number of benzene rings is 1. The molecule has 1 fully saturated rings. The van der Waals surface area contributed by atoms with Gasteiger partial charge in [0.2, 0.25) is 21.7 Å². The number of sulfonamides is 1. The van der Waals surface area contributed by atoms with E-state index in [1.54, 1.807) is 4.31 Å². The molecule has 0 unspecified atom stereocenters. The molecule has 1 aliphatic rings. The zero-order chi connectivity index (χ0) is 17.2. The average molecular weight is 349 g/mol. The minimum Gasteiger partial charge on any atom is -0.339 e. The molecule has 2 heterocycles. The van der Waals surface area contributed by atoms with Crippen LogP contribution in [0.25, 0.3) is 11.4 Å². The van der Waals surface area contributed by atoms with Gasteiger partial charge < -0.3 is 4.52 Å². The molecule has 130 valence electrons. The minimum atomic E-state index is -3.20. The van der Waals surface area contributed by atoms with Crippen LogP contribution in [0, 0.1) is 5.92 Å².